The third kappa shape index (κ3) is 5.14. The van der Waals surface area contributed by atoms with Crippen molar-refractivity contribution in [2.45, 2.75) is 40.0 Å². The normalized spacial score (nSPS) is 16.5. The van der Waals surface area contributed by atoms with Crippen LogP contribution in [0.1, 0.15) is 53.8 Å². The van der Waals surface area contributed by atoms with Crippen LogP contribution in [0.4, 0.5) is 10.7 Å². The van der Waals surface area contributed by atoms with Gasteiger partial charge in [-0.15, -0.1) is 11.3 Å². The highest BCUT2D eigenvalue weighted by Crippen LogP contribution is 2.45. The molecule has 0 saturated heterocycles. The van der Waals surface area contributed by atoms with Crippen LogP contribution >= 0.6 is 49.9 Å². The summed E-state index contributed by atoms with van der Waals surface area (Å²) in [5.74, 6) is 1.16. The summed E-state index contributed by atoms with van der Waals surface area (Å²) in [5, 5.41) is 3.80. The van der Waals surface area contributed by atoms with Crippen molar-refractivity contribution >= 4 is 72.7 Å². The van der Waals surface area contributed by atoms with E-state index in [9.17, 15) is 4.79 Å². The van der Waals surface area contributed by atoms with Crippen LogP contribution in [0, 0.1) is 15.1 Å². The molecule has 31 heavy (non-hydrogen) atoms. The molecule has 7 heteroatoms. The van der Waals surface area contributed by atoms with Gasteiger partial charge in [0.15, 0.2) is 3.77 Å². The fraction of sp³-hybridized carbons (Fsp3) is 0.333. The molecule has 0 fully saturated rings. The fourth-order valence-corrected chi connectivity index (χ4v) is 5.89. The number of nitrogens with one attached hydrogen (secondary N) is 1. The summed E-state index contributed by atoms with van der Waals surface area (Å²) in [4.78, 5) is 19.3. The van der Waals surface area contributed by atoms with Crippen molar-refractivity contribution in [1.29, 1.82) is 0 Å². The fourth-order valence-electron chi connectivity index (χ4n) is 3.90. The number of fused-ring (bicyclic) bond motifs is 1. The first-order chi connectivity index (χ1) is 14.7. The van der Waals surface area contributed by atoms with Gasteiger partial charge < -0.3 is 9.73 Å². The number of thiophene rings is 1. The average molecular weight is 611 g/mol. The number of nitrogens with zero attached hydrogens (tertiary/aromatic N) is 1. The van der Waals surface area contributed by atoms with E-state index in [4.69, 9.17) is 9.41 Å². The Bertz CT molecular complexity index is 1110. The monoisotopic (exact) mass is 610 g/mol. The minimum atomic E-state index is -0.0970. The van der Waals surface area contributed by atoms with Gasteiger partial charge in [0.25, 0.3) is 5.91 Å². The van der Waals surface area contributed by atoms with Crippen LogP contribution in [-0.4, -0.2) is 12.1 Å². The molecule has 162 valence electrons. The molecular formula is C24H24BrIN2O2S. The van der Waals surface area contributed by atoms with E-state index >= 15 is 0 Å². The first kappa shape index (κ1) is 22.7. The molecule has 0 aliphatic heterocycles. The minimum absolute atomic E-state index is 0.0970. The Morgan fingerprint density at radius 1 is 1.32 bits per heavy atom. The molecule has 1 aliphatic carbocycles. The maximum Gasteiger partial charge on any atom is 0.259 e. The van der Waals surface area contributed by atoms with Crippen LogP contribution in [0.2, 0.25) is 0 Å². The van der Waals surface area contributed by atoms with Crippen molar-refractivity contribution in [3.05, 3.63) is 66.4 Å². The third-order valence-corrected chi connectivity index (χ3v) is 9.00. The molecule has 0 unspecified atom stereocenters. The SMILES string of the molecule is CC(C)(C)[C@H]1CCc2c(sc(N=Cc3cc(Br)c(I)o3)c2C(=O)Nc2ccccc2)C1. The lowest BCUT2D eigenvalue weighted by Crippen LogP contribution is -2.27. The molecule has 2 aromatic heterocycles. The molecule has 1 amide bonds. The number of rotatable bonds is 4. The predicted molar refractivity (Wildman–Crippen MR) is 140 cm³/mol. The molecule has 1 aliphatic rings. The number of aliphatic imine (C=N–C) groups is 1. The zero-order valence-corrected chi connectivity index (χ0v) is 22.2. The minimum Gasteiger partial charge on any atom is -0.448 e. The molecule has 0 spiro atoms. The van der Waals surface area contributed by atoms with Crippen molar-refractivity contribution in [2.75, 3.05) is 5.32 Å². The zero-order chi connectivity index (χ0) is 22.2. The highest BCUT2D eigenvalue weighted by molar-refractivity contribution is 14.1. The molecule has 1 aromatic carbocycles. The second-order valence-electron chi connectivity index (χ2n) is 8.84. The lowest BCUT2D eigenvalue weighted by Gasteiger charge is -2.33. The van der Waals surface area contributed by atoms with Gasteiger partial charge >= 0.3 is 0 Å². The summed E-state index contributed by atoms with van der Waals surface area (Å²) in [6.07, 6.45) is 4.69. The third-order valence-electron chi connectivity index (χ3n) is 5.70. The molecule has 0 bridgehead atoms. The van der Waals surface area contributed by atoms with Crippen molar-refractivity contribution in [1.82, 2.24) is 0 Å². The number of benzene rings is 1. The number of hydrogen-bond donors (Lipinski definition) is 1. The topological polar surface area (TPSA) is 54.6 Å². The summed E-state index contributed by atoms with van der Waals surface area (Å²) in [7, 11) is 0. The molecule has 1 atom stereocenters. The van der Waals surface area contributed by atoms with Gasteiger partial charge in [0.1, 0.15) is 10.8 Å². The van der Waals surface area contributed by atoms with Crippen LogP contribution in [-0.2, 0) is 12.8 Å². The Morgan fingerprint density at radius 2 is 2.06 bits per heavy atom. The number of furan rings is 1. The standard InChI is InChI=1S/C24H24BrIN2O2S/c1-24(2,3)14-9-10-17-19(11-14)31-23(27-13-16-12-18(25)21(26)30-16)20(17)22(29)28-15-7-5-4-6-8-15/h4-8,12-14H,9-11H2,1-3H3,(H,28,29)/t14-/m0/s1. The van der Waals surface area contributed by atoms with E-state index in [0.29, 0.717) is 17.2 Å². The Labute approximate surface area is 208 Å². The molecule has 0 radical (unpaired) electrons. The van der Waals surface area contributed by atoms with Gasteiger partial charge in [0, 0.05) is 39.2 Å². The van der Waals surface area contributed by atoms with Crippen molar-refractivity contribution in [3.8, 4) is 0 Å². The molecule has 4 rings (SSSR count). The van der Waals surface area contributed by atoms with Crippen molar-refractivity contribution in [3.63, 3.8) is 0 Å². The van der Waals surface area contributed by atoms with Gasteiger partial charge in [-0.1, -0.05) is 39.0 Å². The highest BCUT2D eigenvalue weighted by Gasteiger charge is 2.33. The van der Waals surface area contributed by atoms with Crippen molar-refractivity contribution < 1.29 is 9.21 Å². The van der Waals surface area contributed by atoms with E-state index in [-0.39, 0.29) is 11.3 Å². The second-order valence-corrected chi connectivity index (χ2v) is 11.8. The molecule has 2 heterocycles. The molecule has 1 N–H and O–H groups in total. The predicted octanol–water partition coefficient (Wildman–Crippen LogP) is 7.86. The lowest BCUT2D eigenvalue weighted by atomic mass is 9.72. The lowest BCUT2D eigenvalue weighted by molar-refractivity contribution is 0.102. The van der Waals surface area contributed by atoms with E-state index in [2.05, 4.69) is 64.6 Å². The number of para-hydroxylation sites is 1. The molecular weight excluding hydrogens is 587 g/mol. The smallest absolute Gasteiger partial charge is 0.259 e. The molecule has 0 saturated carbocycles. The molecule has 4 nitrogen and oxygen atoms in total. The van der Waals surface area contributed by atoms with E-state index in [1.165, 1.54) is 4.88 Å². The number of halogens is 2. The summed E-state index contributed by atoms with van der Waals surface area (Å²) >= 11 is 7.23. The van der Waals surface area contributed by atoms with E-state index < -0.39 is 0 Å². The largest absolute Gasteiger partial charge is 0.448 e. The first-order valence-corrected chi connectivity index (χ1v) is 12.9. The second kappa shape index (κ2) is 9.19. The quantitative estimate of drug-likeness (QED) is 0.241. The van der Waals surface area contributed by atoms with Crippen molar-refractivity contribution in [2.24, 2.45) is 16.3 Å². The maximum absolute atomic E-state index is 13.3. The van der Waals surface area contributed by atoms with Gasteiger partial charge in [-0.25, -0.2) is 4.99 Å². The molecule has 3 aromatic rings. The Hall–Kier alpha value is -1.45. The van der Waals surface area contributed by atoms with E-state index in [1.54, 1.807) is 17.6 Å². The Morgan fingerprint density at radius 3 is 2.71 bits per heavy atom. The number of carbonyl (C=O) groups excluding carboxylic acids is 1. The van der Waals surface area contributed by atoms with Crippen LogP contribution in [0.3, 0.4) is 0 Å². The van der Waals surface area contributed by atoms with Gasteiger partial charge in [-0.2, -0.15) is 0 Å². The zero-order valence-electron chi connectivity index (χ0n) is 17.7. The van der Waals surface area contributed by atoms with Crippen LogP contribution in [0.25, 0.3) is 0 Å². The van der Waals surface area contributed by atoms with Crippen LogP contribution in [0.5, 0.6) is 0 Å². The van der Waals surface area contributed by atoms with Gasteiger partial charge in [0.2, 0.25) is 0 Å². The van der Waals surface area contributed by atoms with Crippen LogP contribution in [0.15, 0.2) is 50.3 Å². The summed E-state index contributed by atoms with van der Waals surface area (Å²) < 4.78 is 7.37. The van der Waals surface area contributed by atoms with Crippen LogP contribution < -0.4 is 5.32 Å². The highest BCUT2D eigenvalue weighted by atomic mass is 127. The first-order valence-electron chi connectivity index (χ1n) is 10.2. The number of anilines is 1. The van der Waals surface area contributed by atoms with Gasteiger partial charge in [0.05, 0.1) is 16.3 Å². The summed E-state index contributed by atoms with van der Waals surface area (Å²) in [6, 6.07) is 11.5. The Balaban J connectivity index is 1.70. The Kier molecular flexibility index (Phi) is 6.74. The summed E-state index contributed by atoms with van der Waals surface area (Å²) in [5.41, 5.74) is 2.89. The average Bonchev–Trinajstić information content (AvgIpc) is 3.25. The van der Waals surface area contributed by atoms with E-state index in [1.807, 2.05) is 36.4 Å². The number of amides is 1. The number of hydrogen-bond acceptors (Lipinski definition) is 4. The van der Waals surface area contributed by atoms with E-state index in [0.717, 1.165) is 43.8 Å². The number of carbonyl (C=O) groups is 1. The maximum atomic E-state index is 13.3. The van der Waals surface area contributed by atoms with Gasteiger partial charge in [-0.05, 0) is 64.2 Å². The summed E-state index contributed by atoms with van der Waals surface area (Å²) in [6.45, 7) is 6.90. The van der Waals surface area contributed by atoms with Gasteiger partial charge in [-0.3, -0.25) is 4.79 Å².